The molecule has 3 rings (SSSR count). The summed E-state index contributed by atoms with van der Waals surface area (Å²) in [4.78, 5) is 15.9. The summed E-state index contributed by atoms with van der Waals surface area (Å²) in [6, 6.07) is 4.07. The number of carboxylic acid groups (broad SMARTS) is 1. The fourth-order valence-corrected chi connectivity index (χ4v) is 2.69. The van der Waals surface area contributed by atoms with Crippen molar-refractivity contribution in [2.75, 3.05) is 0 Å². The standard InChI is InChI=1S/C15H19N3O2/c1-9-5-12-13(6-10(9)2)18(8-17-12)7-15(16,14(19)20)11-3-4-11/h5-6,8,11H,3-4,7,16H2,1-2H3,(H,19,20). The van der Waals surface area contributed by atoms with Gasteiger partial charge in [0, 0.05) is 0 Å². The van der Waals surface area contributed by atoms with Gasteiger partial charge in [0.25, 0.3) is 0 Å². The van der Waals surface area contributed by atoms with Crippen molar-refractivity contribution in [3.63, 3.8) is 0 Å². The van der Waals surface area contributed by atoms with Crippen LogP contribution >= 0.6 is 0 Å². The molecule has 1 saturated carbocycles. The number of aliphatic carboxylic acids is 1. The van der Waals surface area contributed by atoms with Gasteiger partial charge in [-0.2, -0.15) is 0 Å². The summed E-state index contributed by atoms with van der Waals surface area (Å²) < 4.78 is 1.87. The van der Waals surface area contributed by atoms with Crippen molar-refractivity contribution < 1.29 is 9.90 Å². The summed E-state index contributed by atoms with van der Waals surface area (Å²) >= 11 is 0. The molecule has 1 fully saturated rings. The van der Waals surface area contributed by atoms with E-state index in [-0.39, 0.29) is 12.5 Å². The van der Waals surface area contributed by atoms with Crippen LogP contribution in [0.5, 0.6) is 0 Å². The van der Waals surface area contributed by atoms with Crippen molar-refractivity contribution in [3.05, 3.63) is 29.6 Å². The molecular formula is C15H19N3O2. The Labute approximate surface area is 117 Å². The zero-order valence-corrected chi connectivity index (χ0v) is 11.8. The SMILES string of the molecule is Cc1cc2ncn(CC(N)(C(=O)O)C3CC3)c2cc1C. The van der Waals surface area contributed by atoms with Gasteiger partial charge >= 0.3 is 5.97 Å². The number of aryl methyl sites for hydroxylation is 2. The molecule has 3 N–H and O–H groups in total. The quantitative estimate of drug-likeness (QED) is 0.890. The number of rotatable bonds is 4. The smallest absolute Gasteiger partial charge is 0.325 e. The Balaban J connectivity index is 2.02. The molecule has 0 aliphatic heterocycles. The number of carboxylic acids is 1. The van der Waals surface area contributed by atoms with Crippen LogP contribution in [0.3, 0.4) is 0 Å². The number of hydrogen-bond acceptors (Lipinski definition) is 3. The lowest BCUT2D eigenvalue weighted by atomic mass is 9.94. The minimum atomic E-state index is -1.19. The Kier molecular flexibility index (Phi) is 2.83. The van der Waals surface area contributed by atoms with Crippen LogP contribution in [0.1, 0.15) is 24.0 Å². The van der Waals surface area contributed by atoms with E-state index in [1.54, 1.807) is 6.33 Å². The van der Waals surface area contributed by atoms with E-state index in [1.165, 1.54) is 11.1 Å². The van der Waals surface area contributed by atoms with E-state index in [2.05, 4.69) is 4.98 Å². The molecule has 1 aliphatic rings. The predicted octanol–water partition coefficient (Wildman–Crippen LogP) is 1.85. The van der Waals surface area contributed by atoms with Crippen molar-refractivity contribution in [1.29, 1.82) is 0 Å². The topological polar surface area (TPSA) is 81.1 Å². The molecule has 1 aliphatic carbocycles. The highest BCUT2D eigenvalue weighted by atomic mass is 16.4. The molecule has 2 aromatic rings. The largest absolute Gasteiger partial charge is 0.480 e. The average molecular weight is 273 g/mol. The molecule has 20 heavy (non-hydrogen) atoms. The van der Waals surface area contributed by atoms with E-state index in [9.17, 15) is 9.90 Å². The maximum Gasteiger partial charge on any atom is 0.325 e. The van der Waals surface area contributed by atoms with Crippen molar-refractivity contribution in [2.45, 2.75) is 38.8 Å². The second kappa shape index (κ2) is 4.31. The molecule has 0 saturated heterocycles. The normalized spacial score (nSPS) is 18.1. The highest BCUT2D eigenvalue weighted by molar-refractivity contribution is 5.81. The van der Waals surface area contributed by atoms with Gasteiger partial charge in [0.2, 0.25) is 0 Å². The summed E-state index contributed by atoms with van der Waals surface area (Å²) in [5.41, 5.74) is 9.15. The number of nitrogens with two attached hydrogens (primary N) is 1. The molecule has 5 heteroatoms. The number of carbonyl (C=O) groups is 1. The third-order valence-electron chi connectivity index (χ3n) is 4.37. The highest BCUT2D eigenvalue weighted by Gasteiger charge is 2.48. The number of fused-ring (bicyclic) bond motifs is 1. The van der Waals surface area contributed by atoms with E-state index >= 15 is 0 Å². The third kappa shape index (κ3) is 1.98. The molecule has 1 unspecified atom stereocenters. The van der Waals surface area contributed by atoms with Gasteiger partial charge < -0.3 is 15.4 Å². The Morgan fingerprint density at radius 3 is 2.70 bits per heavy atom. The van der Waals surface area contributed by atoms with E-state index in [0.29, 0.717) is 0 Å². The Bertz CT molecular complexity index is 688. The van der Waals surface area contributed by atoms with Crippen molar-refractivity contribution in [2.24, 2.45) is 11.7 Å². The lowest BCUT2D eigenvalue weighted by Gasteiger charge is -2.25. The minimum absolute atomic E-state index is 0.0731. The molecule has 1 atom stereocenters. The van der Waals surface area contributed by atoms with Gasteiger partial charge in [0.1, 0.15) is 5.54 Å². The van der Waals surface area contributed by atoms with Crippen LogP contribution in [0.25, 0.3) is 11.0 Å². The first-order valence-corrected chi connectivity index (χ1v) is 6.86. The molecule has 0 bridgehead atoms. The summed E-state index contributed by atoms with van der Waals surface area (Å²) in [6.07, 6.45) is 3.48. The zero-order valence-electron chi connectivity index (χ0n) is 11.8. The van der Waals surface area contributed by atoms with Crippen molar-refractivity contribution >= 4 is 17.0 Å². The van der Waals surface area contributed by atoms with E-state index in [0.717, 1.165) is 23.9 Å². The first kappa shape index (κ1) is 13.1. The first-order valence-electron chi connectivity index (χ1n) is 6.86. The van der Waals surface area contributed by atoms with Gasteiger partial charge in [-0.1, -0.05) is 0 Å². The molecule has 0 amide bonds. The van der Waals surface area contributed by atoms with E-state index in [1.807, 2.05) is 30.5 Å². The molecule has 5 nitrogen and oxygen atoms in total. The van der Waals surface area contributed by atoms with E-state index < -0.39 is 11.5 Å². The molecular weight excluding hydrogens is 254 g/mol. The fraction of sp³-hybridized carbons (Fsp3) is 0.467. The zero-order chi connectivity index (χ0) is 14.5. The number of nitrogens with zero attached hydrogens (tertiary/aromatic N) is 2. The minimum Gasteiger partial charge on any atom is -0.480 e. The number of imidazole rings is 1. The molecule has 0 radical (unpaired) electrons. The van der Waals surface area contributed by atoms with Crippen molar-refractivity contribution in [3.8, 4) is 0 Å². The second-order valence-electron chi connectivity index (χ2n) is 5.92. The second-order valence-corrected chi connectivity index (χ2v) is 5.92. The molecule has 1 aromatic carbocycles. The van der Waals surface area contributed by atoms with Crippen LogP contribution in [-0.2, 0) is 11.3 Å². The highest BCUT2D eigenvalue weighted by Crippen LogP contribution is 2.39. The Morgan fingerprint density at radius 1 is 1.45 bits per heavy atom. The lowest BCUT2D eigenvalue weighted by Crippen LogP contribution is -2.53. The lowest BCUT2D eigenvalue weighted by molar-refractivity contribution is -0.144. The number of hydrogen-bond donors (Lipinski definition) is 2. The maximum atomic E-state index is 11.5. The van der Waals surface area contributed by atoms with Crippen LogP contribution in [0.2, 0.25) is 0 Å². The molecule has 0 spiro atoms. The van der Waals surface area contributed by atoms with Crippen LogP contribution in [-0.4, -0.2) is 26.2 Å². The summed E-state index contributed by atoms with van der Waals surface area (Å²) in [6.45, 7) is 4.36. The van der Waals surface area contributed by atoms with Gasteiger partial charge in [-0.25, -0.2) is 4.98 Å². The van der Waals surface area contributed by atoms with Gasteiger partial charge in [0.15, 0.2) is 0 Å². The van der Waals surface area contributed by atoms with Gasteiger partial charge in [0.05, 0.1) is 23.9 Å². The number of benzene rings is 1. The van der Waals surface area contributed by atoms with Gasteiger partial charge in [-0.3, -0.25) is 4.79 Å². The summed E-state index contributed by atoms with van der Waals surface area (Å²) in [5.74, 6) is -0.852. The monoisotopic (exact) mass is 273 g/mol. The van der Waals surface area contributed by atoms with Crippen LogP contribution in [0, 0.1) is 19.8 Å². The first-order chi connectivity index (χ1) is 9.41. The average Bonchev–Trinajstić information content (AvgIpc) is 3.17. The predicted molar refractivity (Wildman–Crippen MR) is 76.5 cm³/mol. The third-order valence-corrected chi connectivity index (χ3v) is 4.37. The van der Waals surface area contributed by atoms with E-state index in [4.69, 9.17) is 5.73 Å². The van der Waals surface area contributed by atoms with Crippen molar-refractivity contribution in [1.82, 2.24) is 9.55 Å². The Morgan fingerprint density at radius 2 is 2.10 bits per heavy atom. The Hall–Kier alpha value is -1.88. The summed E-state index contributed by atoms with van der Waals surface area (Å²) in [5, 5.41) is 9.45. The van der Waals surface area contributed by atoms with Crippen LogP contribution in [0.15, 0.2) is 18.5 Å². The van der Waals surface area contributed by atoms with Crippen LogP contribution in [0.4, 0.5) is 0 Å². The fourth-order valence-electron chi connectivity index (χ4n) is 2.69. The van der Waals surface area contributed by atoms with Gasteiger partial charge in [-0.05, 0) is 55.9 Å². The molecule has 106 valence electrons. The van der Waals surface area contributed by atoms with Gasteiger partial charge in [-0.15, -0.1) is 0 Å². The molecule has 1 aromatic heterocycles. The molecule has 1 heterocycles. The maximum absolute atomic E-state index is 11.5. The number of aromatic nitrogens is 2. The van der Waals surface area contributed by atoms with Crippen LogP contribution < -0.4 is 5.73 Å². The summed E-state index contributed by atoms with van der Waals surface area (Å²) in [7, 11) is 0.